The molecular formula is C15H28N4. The Labute approximate surface area is 116 Å². The second kappa shape index (κ2) is 6.06. The third-order valence-corrected chi connectivity index (χ3v) is 4.84. The Morgan fingerprint density at radius 2 is 2.16 bits per heavy atom. The molecule has 108 valence electrons. The molecule has 0 aliphatic heterocycles. The lowest BCUT2D eigenvalue weighted by molar-refractivity contribution is 0.167. The van der Waals surface area contributed by atoms with Gasteiger partial charge in [0.2, 0.25) is 0 Å². The van der Waals surface area contributed by atoms with Crippen molar-refractivity contribution in [3.63, 3.8) is 0 Å². The molecular weight excluding hydrogens is 236 g/mol. The van der Waals surface area contributed by atoms with E-state index in [1.54, 1.807) is 0 Å². The van der Waals surface area contributed by atoms with Crippen LogP contribution in [0.1, 0.15) is 57.5 Å². The smallest absolute Gasteiger partial charge is 0.0657 e. The van der Waals surface area contributed by atoms with Crippen LogP contribution in [0.15, 0.2) is 6.07 Å². The van der Waals surface area contributed by atoms with Crippen molar-refractivity contribution in [1.29, 1.82) is 0 Å². The van der Waals surface area contributed by atoms with Crippen LogP contribution in [0.2, 0.25) is 0 Å². The summed E-state index contributed by atoms with van der Waals surface area (Å²) < 4.78 is 2.09. The van der Waals surface area contributed by atoms with E-state index in [9.17, 15) is 0 Å². The summed E-state index contributed by atoms with van der Waals surface area (Å²) in [5, 5.41) is 4.55. The van der Waals surface area contributed by atoms with Crippen LogP contribution in [0, 0.1) is 24.7 Å². The van der Waals surface area contributed by atoms with Gasteiger partial charge in [-0.1, -0.05) is 20.3 Å². The molecule has 0 saturated heterocycles. The third-order valence-electron chi connectivity index (χ3n) is 4.84. The van der Waals surface area contributed by atoms with Gasteiger partial charge in [0, 0.05) is 6.54 Å². The van der Waals surface area contributed by atoms with Crippen molar-refractivity contribution in [2.24, 2.45) is 23.6 Å². The van der Waals surface area contributed by atoms with Crippen molar-refractivity contribution < 1.29 is 0 Å². The molecule has 1 saturated carbocycles. The highest BCUT2D eigenvalue weighted by atomic mass is 15.3. The van der Waals surface area contributed by atoms with E-state index in [1.165, 1.54) is 25.0 Å². The quantitative estimate of drug-likeness (QED) is 0.649. The monoisotopic (exact) mass is 264 g/mol. The number of aromatic nitrogens is 2. The second-order valence-electron chi connectivity index (χ2n) is 6.20. The van der Waals surface area contributed by atoms with Crippen LogP contribution in [0.3, 0.4) is 0 Å². The van der Waals surface area contributed by atoms with Gasteiger partial charge in [0.25, 0.3) is 0 Å². The third kappa shape index (κ3) is 3.00. The summed E-state index contributed by atoms with van der Waals surface area (Å²) in [5.74, 6) is 8.11. The molecule has 1 fully saturated rings. The van der Waals surface area contributed by atoms with Crippen LogP contribution < -0.4 is 11.3 Å². The average molecular weight is 264 g/mol. The molecule has 3 N–H and O–H groups in total. The van der Waals surface area contributed by atoms with Crippen molar-refractivity contribution in [3.8, 4) is 0 Å². The number of rotatable bonds is 4. The molecule has 4 heteroatoms. The maximum absolute atomic E-state index is 5.86. The zero-order valence-electron chi connectivity index (χ0n) is 12.7. The Morgan fingerprint density at radius 3 is 2.74 bits per heavy atom. The van der Waals surface area contributed by atoms with Gasteiger partial charge in [0.15, 0.2) is 0 Å². The number of hydrogen-bond donors (Lipinski definition) is 2. The summed E-state index contributed by atoms with van der Waals surface area (Å²) >= 11 is 0. The molecule has 0 bridgehead atoms. The minimum atomic E-state index is 0.232. The topological polar surface area (TPSA) is 55.9 Å². The highest BCUT2D eigenvalue weighted by Gasteiger charge is 2.32. The van der Waals surface area contributed by atoms with Gasteiger partial charge in [-0.3, -0.25) is 16.0 Å². The van der Waals surface area contributed by atoms with Crippen LogP contribution >= 0.6 is 0 Å². The van der Waals surface area contributed by atoms with Gasteiger partial charge in [-0.25, -0.2) is 0 Å². The normalized spacial score (nSPS) is 29.4. The van der Waals surface area contributed by atoms with Crippen molar-refractivity contribution in [1.82, 2.24) is 15.2 Å². The molecule has 4 unspecified atom stereocenters. The Kier molecular flexibility index (Phi) is 4.63. The van der Waals surface area contributed by atoms with Gasteiger partial charge in [-0.15, -0.1) is 0 Å². The Bertz CT molecular complexity index is 412. The predicted molar refractivity (Wildman–Crippen MR) is 78.4 cm³/mol. The Hall–Kier alpha value is -0.870. The van der Waals surface area contributed by atoms with E-state index in [0.717, 1.165) is 24.1 Å². The Morgan fingerprint density at radius 1 is 1.42 bits per heavy atom. The van der Waals surface area contributed by atoms with Crippen molar-refractivity contribution in [3.05, 3.63) is 17.5 Å². The van der Waals surface area contributed by atoms with Crippen LogP contribution in [0.4, 0.5) is 0 Å². The molecule has 1 aromatic heterocycles. The summed E-state index contributed by atoms with van der Waals surface area (Å²) in [6.45, 7) is 9.82. The van der Waals surface area contributed by atoms with Gasteiger partial charge in [-0.05, 0) is 50.5 Å². The largest absolute Gasteiger partial charge is 0.271 e. The number of nitrogens with two attached hydrogens (primary N) is 1. The van der Waals surface area contributed by atoms with Crippen LogP contribution in [-0.2, 0) is 6.54 Å². The van der Waals surface area contributed by atoms with E-state index >= 15 is 0 Å². The fourth-order valence-corrected chi connectivity index (χ4v) is 3.42. The summed E-state index contributed by atoms with van der Waals surface area (Å²) in [6, 6.07) is 2.41. The molecule has 2 rings (SSSR count). The molecule has 0 aromatic carbocycles. The number of hydrazine groups is 1. The van der Waals surface area contributed by atoms with Gasteiger partial charge in [0.05, 0.1) is 17.4 Å². The zero-order valence-corrected chi connectivity index (χ0v) is 12.7. The van der Waals surface area contributed by atoms with E-state index in [4.69, 9.17) is 5.84 Å². The highest BCUT2D eigenvalue weighted by Crippen LogP contribution is 2.39. The average Bonchev–Trinajstić information content (AvgIpc) is 2.76. The van der Waals surface area contributed by atoms with Crippen molar-refractivity contribution >= 4 is 0 Å². The van der Waals surface area contributed by atoms with Gasteiger partial charge in [0.1, 0.15) is 0 Å². The second-order valence-corrected chi connectivity index (χ2v) is 6.20. The molecule has 1 aromatic rings. The van der Waals surface area contributed by atoms with Crippen molar-refractivity contribution in [2.45, 2.75) is 59.5 Å². The molecule has 4 nitrogen and oxygen atoms in total. The minimum absolute atomic E-state index is 0.232. The van der Waals surface area contributed by atoms with Crippen LogP contribution in [0.25, 0.3) is 0 Å². The zero-order chi connectivity index (χ0) is 14.0. The minimum Gasteiger partial charge on any atom is -0.271 e. The lowest BCUT2D eigenvalue weighted by atomic mass is 9.73. The molecule has 0 spiro atoms. The number of hydrogen-bond acceptors (Lipinski definition) is 3. The predicted octanol–water partition coefficient (Wildman–Crippen LogP) is 2.79. The fourth-order valence-electron chi connectivity index (χ4n) is 3.42. The molecule has 0 amide bonds. The van der Waals surface area contributed by atoms with E-state index in [1.807, 2.05) is 0 Å². The molecule has 4 atom stereocenters. The summed E-state index contributed by atoms with van der Waals surface area (Å²) in [5.41, 5.74) is 5.37. The molecule has 0 radical (unpaired) electrons. The summed E-state index contributed by atoms with van der Waals surface area (Å²) in [6.07, 6.45) is 3.82. The van der Waals surface area contributed by atoms with E-state index in [-0.39, 0.29) is 6.04 Å². The molecule has 19 heavy (non-hydrogen) atoms. The Balaban J connectivity index is 2.19. The first-order valence-electron chi connectivity index (χ1n) is 7.57. The first kappa shape index (κ1) is 14.5. The number of aryl methyl sites for hydroxylation is 2. The molecule has 1 aliphatic rings. The lowest BCUT2D eigenvalue weighted by Crippen LogP contribution is -2.38. The first-order chi connectivity index (χ1) is 9.06. The van der Waals surface area contributed by atoms with Gasteiger partial charge in [-0.2, -0.15) is 5.10 Å². The number of nitrogens with one attached hydrogen (secondary N) is 1. The van der Waals surface area contributed by atoms with Gasteiger partial charge >= 0.3 is 0 Å². The van der Waals surface area contributed by atoms with E-state index < -0.39 is 0 Å². The van der Waals surface area contributed by atoms with Gasteiger partial charge < -0.3 is 0 Å². The summed E-state index contributed by atoms with van der Waals surface area (Å²) in [7, 11) is 0. The first-order valence-corrected chi connectivity index (χ1v) is 7.57. The SMILES string of the molecule is CCn1nc(C)cc1C(NN)C1CCC(C)C(C)C1. The maximum atomic E-state index is 5.86. The number of nitrogens with zero attached hydrogens (tertiary/aromatic N) is 2. The summed E-state index contributed by atoms with van der Waals surface area (Å²) in [4.78, 5) is 0. The van der Waals surface area contributed by atoms with E-state index in [0.29, 0.717) is 5.92 Å². The van der Waals surface area contributed by atoms with Crippen LogP contribution in [-0.4, -0.2) is 9.78 Å². The molecule has 1 aliphatic carbocycles. The maximum Gasteiger partial charge on any atom is 0.0657 e. The standard InChI is InChI=1S/C15H28N4/c1-5-19-14(9-12(4)18-19)15(17-16)13-7-6-10(2)11(3)8-13/h9-11,13,15,17H,5-8,16H2,1-4H3. The molecule has 1 heterocycles. The highest BCUT2D eigenvalue weighted by molar-refractivity contribution is 5.14. The van der Waals surface area contributed by atoms with E-state index in [2.05, 4.69) is 49.0 Å². The lowest BCUT2D eigenvalue weighted by Gasteiger charge is -2.36. The van der Waals surface area contributed by atoms with Crippen molar-refractivity contribution in [2.75, 3.05) is 0 Å². The van der Waals surface area contributed by atoms with Crippen LogP contribution in [0.5, 0.6) is 0 Å². The fraction of sp³-hybridized carbons (Fsp3) is 0.800.